The molecule has 0 bridgehead atoms. The first-order valence-corrected chi connectivity index (χ1v) is 6.82. The third kappa shape index (κ3) is 3.01. The van der Waals surface area contributed by atoms with Gasteiger partial charge in [0.05, 0.1) is 7.11 Å². The number of hydrogen-bond donors (Lipinski definition) is 1. The highest BCUT2D eigenvalue weighted by atomic mass is 16.5. The van der Waals surface area contributed by atoms with Crippen molar-refractivity contribution in [1.29, 1.82) is 0 Å². The van der Waals surface area contributed by atoms with Crippen molar-refractivity contribution in [3.05, 3.63) is 0 Å². The van der Waals surface area contributed by atoms with E-state index in [0.29, 0.717) is 17.9 Å². The summed E-state index contributed by atoms with van der Waals surface area (Å²) in [6, 6.07) is 0.349. The molecular weight excluding hydrogens is 214 g/mol. The van der Waals surface area contributed by atoms with E-state index in [-0.39, 0.29) is 5.97 Å². The maximum atomic E-state index is 12.2. The second kappa shape index (κ2) is 5.85. The number of rotatable bonds is 4. The molecule has 1 saturated carbocycles. The van der Waals surface area contributed by atoms with E-state index < -0.39 is 5.54 Å². The molecule has 0 aliphatic heterocycles. The normalized spacial score (nSPS) is 35.4. The largest absolute Gasteiger partial charge is 0.468 e. The SMILES string of the molecule is CCC(C)NC1(C(=O)OC)CC(C)CCC1C. The van der Waals surface area contributed by atoms with Gasteiger partial charge in [-0.1, -0.05) is 27.2 Å². The van der Waals surface area contributed by atoms with E-state index in [2.05, 4.69) is 33.0 Å². The third-order valence-electron chi connectivity index (χ3n) is 4.27. The molecule has 3 heteroatoms. The third-order valence-corrected chi connectivity index (χ3v) is 4.27. The van der Waals surface area contributed by atoms with Crippen LogP contribution >= 0.6 is 0 Å². The summed E-state index contributed by atoms with van der Waals surface area (Å²) in [5.74, 6) is 0.846. The number of hydrogen-bond acceptors (Lipinski definition) is 3. The molecule has 1 fully saturated rings. The standard InChI is InChI=1S/C14H27NO2/c1-6-12(4)15-14(13(16)17-5)9-10(2)7-8-11(14)3/h10-12,15H,6-9H2,1-5H3. The van der Waals surface area contributed by atoms with Gasteiger partial charge in [-0.15, -0.1) is 0 Å². The highest BCUT2D eigenvalue weighted by molar-refractivity contribution is 5.81. The van der Waals surface area contributed by atoms with E-state index in [4.69, 9.17) is 4.74 Å². The number of carbonyl (C=O) groups excluding carboxylic acids is 1. The fourth-order valence-electron chi connectivity index (χ4n) is 2.90. The Hall–Kier alpha value is -0.570. The molecule has 0 aromatic heterocycles. The molecule has 0 radical (unpaired) electrons. The van der Waals surface area contributed by atoms with Gasteiger partial charge < -0.3 is 4.74 Å². The smallest absolute Gasteiger partial charge is 0.326 e. The highest BCUT2D eigenvalue weighted by Crippen LogP contribution is 2.38. The quantitative estimate of drug-likeness (QED) is 0.769. The second-order valence-corrected chi connectivity index (χ2v) is 5.70. The molecule has 4 unspecified atom stereocenters. The first-order valence-electron chi connectivity index (χ1n) is 6.82. The van der Waals surface area contributed by atoms with Crippen LogP contribution in [0.25, 0.3) is 0 Å². The van der Waals surface area contributed by atoms with Crippen molar-refractivity contribution in [2.75, 3.05) is 7.11 Å². The summed E-state index contributed by atoms with van der Waals surface area (Å²) in [6.07, 6.45) is 4.23. The second-order valence-electron chi connectivity index (χ2n) is 5.70. The molecule has 0 amide bonds. The zero-order valence-electron chi connectivity index (χ0n) is 11.9. The molecule has 3 nitrogen and oxygen atoms in total. The average Bonchev–Trinajstić information content (AvgIpc) is 2.32. The Bertz CT molecular complexity index is 267. The lowest BCUT2D eigenvalue weighted by atomic mass is 9.69. The summed E-state index contributed by atoms with van der Waals surface area (Å²) in [4.78, 5) is 12.2. The maximum absolute atomic E-state index is 12.2. The molecule has 1 aliphatic carbocycles. The molecule has 0 saturated heterocycles. The molecule has 1 rings (SSSR count). The Labute approximate surface area is 105 Å². The topological polar surface area (TPSA) is 38.3 Å². The van der Waals surface area contributed by atoms with Gasteiger partial charge in [-0.25, -0.2) is 0 Å². The van der Waals surface area contributed by atoms with E-state index in [0.717, 1.165) is 19.3 Å². The van der Waals surface area contributed by atoms with Crippen molar-refractivity contribution in [3.63, 3.8) is 0 Å². The van der Waals surface area contributed by atoms with Gasteiger partial charge in [0, 0.05) is 6.04 Å². The lowest BCUT2D eigenvalue weighted by molar-refractivity contribution is -0.154. The van der Waals surface area contributed by atoms with Crippen LogP contribution in [-0.4, -0.2) is 24.7 Å². The van der Waals surface area contributed by atoms with E-state index >= 15 is 0 Å². The number of esters is 1. The number of carbonyl (C=O) groups is 1. The van der Waals surface area contributed by atoms with Crippen LogP contribution in [0, 0.1) is 11.8 Å². The van der Waals surface area contributed by atoms with Gasteiger partial charge in [-0.05, 0) is 38.0 Å². The van der Waals surface area contributed by atoms with Crippen molar-refractivity contribution < 1.29 is 9.53 Å². The van der Waals surface area contributed by atoms with Gasteiger partial charge in [0.1, 0.15) is 5.54 Å². The fourth-order valence-corrected chi connectivity index (χ4v) is 2.90. The number of nitrogens with one attached hydrogen (secondary N) is 1. The van der Waals surface area contributed by atoms with E-state index in [9.17, 15) is 4.79 Å². The van der Waals surface area contributed by atoms with Crippen LogP contribution in [-0.2, 0) is 9.53 Å². The monoisotopic (exact) mass is 241 g/mol. The van der Waals surface area contributed by atoms with Gasteiger partial charge in [-0.3, -0.25) is 10.1 Å². The molecule has 0 spiro atoms. The number of methoxy groups -OCH3 is 1. The minimum Gasteiger partial charge on any atom is -0.468 e. The molecule has 17 heavy (non-hydrogen) atoms. The van der Waals surface area contributed by atoms with Crippen LogP contribution in [0.4, 0.5) is 0 Å². The van der Waals surface area contributed by atoms with Crippen molar-refractivity contribution in [2.24, 2.45) is 11.8 Å². The first-order chi connectivity index (χ1) is 7.96. The van der Waals surface area contributed by atoms with Crippen LogP contribution in [0.3, 0.4) is 0 Å². The molecule has 4 atom stereocenters. The Morgan fingerprint density at radius 1 is 1.47 bits per heavy atom. The molecule has 0 heterocycles. The summed E-state index contributed by atoms with van der Waals surface area (Å²) >= 11 is 0. The first kappa shape index (κ1) is 14.5. The molecule has 0 aromatic carbocycles. The molecule has 1 N–H and O–H groups in total. The Balaban J connectivity index is 2.94. The lowest BCUT2D eigenvalue weighted by Crippen LogP contribution is -2.62. The van der Waals surface area contributed by atoms with Crippen LogP contribution in [0.1, 0.15) is 53.4 Å². The number of ether oxygens (including phenoxy) is 1. The highest BCUT2D eigenvalue weighted by Gasteiger charge is 2.48. The van der Waals surface area contributed by atoms with Crippen LogP contribution in [0.5, 0.6) is 0 Å². The molecule has 100 valence electrons. The predicted molar refractivity (Wildman–Crippen MR) is 69.8 cm³/mol. The zero-order valence-corrected chi connectivity index (χ0v) is 11.9. The van der Waals surface area contributed by atoms with Crippen molar-refractivity contribution in [2.45, 2.75) is 65.0 Å². The summed E-state index contributed by atoms with van der Waals surface area (Å²) in [5, 5.41) is 3.54. The van der Waals surface area contributed by atoms with Gasteiger partial charge >= 0.3 is 5.97 Å². The van der Waals surface area contributed by atoms with E-state index in [1.54, 1.807) is 0 Å². The molecule has 1 aliphatic rings. The summed E-state index contributed by atoms with van der Waals surface area (Å²) in [7, 11) is 1.49. The Morgan fingerprint density at radius 2 is 2.12 bits per heavy atom. The Morgan fingerprint density at radius 3 is 2.65 bits per heavy atom. The van der Waals surface area contributed by atoms with Crippen molar-refractivity contribution in [3.8, 4) is 0 Å². The van der Waals surface area contributed by atoms with Gasteiger partial charge in [0.2, 0.25) is 0 Å². The fraction of sp³-hybridized carbons (Fsp3) is 0.929. The van der Waals surface area contributed by atoms with Crippen LogP contribution < -0.4 is 5.32 Å². The average molecular weight is 241 g/mol. The minimum atomic E-state index is -0.470. The minimum absolute atomic E-state index is 0.0862. The summed E-state index contributed by atoms with van der Waals surface area (Å²) in [5.41, 5.74) is -0.470. The molecular formula is C14H27NO2. The van der Waals surface area contributed by atoms with Crippen molar-refractivity contribution in [1.82, 2.24) is 5.32 Å². The van der Waals surface area contributed by atoms with E-state index in [1.807, 2.05) is 0 Å². The van der Waals surface area contributed by atoms with Crippen LogP contribution in [0.2, 0.25) is 0 Å². The summed E-state index contributed by atoms with van der Waals surface area (Å²) < 4.78 is 5.06. The van der Waals surface area contributed by atoms with Gasteiger partial charge in [0.25, 0.3) is 0 Å². The van der Waals surface area contributed by atoms with Gasteiger partial charge in [0.15, 0.2) is 0 Å². The Kier molecular flexibility index (Phi) is 4.99. The lowest BCUT2D eigenvalue weighted by Gasteiger charge is -2.44. The predicted octanol–water partition coefficient (Wildman–Crippen LogP) is 2.74. The maximum Gasteiger partial charge on any atom is 0.326 e. The van der Waals surface area contributed by atoms with Crippen molar-refractivity contribution >= 4 is 5.97 Å². The van der Waals surface area contributed by atoms with Crippen LogP contribution in [0.15, 0.2) is 0 Å². The summed E-state index contributed by atoms with van der Waals surface area (Å²) in [6.45, 7) is 8.66. The zero-order chi connectivity index (χ0) is 13.1. The van der Waals surface area contributed by atoms with E-state index in [1.165, 1.54) is 13.5 Å². The van der Waals surface area contributed by atoms with Gasteiger partial charge in [-0.2, -0.15) is 0 Å². The molecule has 0 aromatic rings.